The molecule has 0 spiro atoms. The topological polar surface area (TPSA) is 90.8 Å². The third kappa shape index (κ3) is 3.28. The van der Waals surface area contributed by atoms with Crippen LogP contribution in [0, 0.1) is 5.82 Å². The average molecular weight is 380 g/mol. The fraction of sp³-hybridized carbons (Fsp3) is 0.0952. The van der Waals surface area contributed by atoms with Gasteiger partial charge in [-0.3, -0.25) is 10.0 Å². The molecule has 1 heterocycles. The lowest BCUT2D eigenvalue weighted by Gasteiger charge is -2.14. The molecule has 1 aliphatic rings. The van der Waals surface area contributed by atoms with Crippen LogP contribution in [0.2, 0.25) is 0 Å². The maximum absolute atomic E-state index is 14.8. The van der Waals surface area contributed by atoms with Gasteiger partial charge in [-0.2, -0.15) is 0 Å². The van der Waals surface area contributed by atoms with Gasteiger partial charge in [0.25, 0.3) is 5.91 Å². The highest BCUT2D eigenvalue weighted by molar-refractivity contribution is 5.95. The standard InChI is InChI=1S/C21H17FN2O4/c22-17-9-14(13-3-1-12(11-25)2-4-13)5-7-16(17)21-23-18-10-15(20(26)24-27)6-8-19(18)28-21/h1-10,21,23,25,27H,11H2,(H,24,26). The van der Waals surface area contributed by atoms with Crippen LogP contribution >= 0.6 is 0 Å². The number of hydrogen-bond donors (Lipinski definition) is 4. The third-order valence-corrected chi connectivity index (χ3v) is 4.63. The molecule has 0 bridgehead atoms. The first-order valence-electron chi connectivity index (χ1n) is 8.60. The van der Waals surface area contributed by atoms with Crippen molar-refractivity contribution in [1.29, 1.82) is 0 Å². The molecule has 3 aromatic rings. The van der Waals surface area contributed by atoms with Crippen molar-refractivity contribution in [3.05, 3.63) is 83.2 Å². The third-order valence-electron chi connectivity index (χ3n) is 4.63. The lowest BCUT2D eigenvalue weighted by atomic mass is 10.0. The Kier molecular flexibility index (Phi) is 4.68. The van der Waals surface area contributed by atoms with E-state index in [0.717, 1.165) is 11.1 Å². The molecule has 4 rings (SSSR count). The van der Waals surface area contributed by atoms with E-state index >= 15 is 0 Å². The van der Waals surface area contributed by atoms with Crippen molar-refractivity contribution >= 4 is 11.6 Å². The Hall–Kier alpha value is -3.42. The second kappa shape index (κ2) is 7.30. The molecule has 1 aliphatic heterocycles. The van der Waals surface area contributed by atoms with Gasteiger partial charge in [0.15, 0.2) is 6.23 Å². The molecule has 1 amide bonds. The predicted molar refractivity (Wildman–Crippen MR) is 100 cm³/mol. The molecule has 0 aliphatic carbocycles. The van der Waals surface area contributed by atoms with Crippen molar-refractivity contribution in [2.45, 2.75) is 12.8 Å². The van der Waals surface area contributed by atoms with Crippen LogP contribution in [0.4, 0.5) is 10.1 Å². The van der Waals surface area contributed by atoms with Crippen LogP contribution in [0.3, 0.4) is 0 Å². The monoisotopic (exact) mass is 380 g/mol. The van der Waals surface area contributed by atoms with Crippen LogP contribution in [0.5, 0.6) is 5.75 Å². The summed E-state index contributed by atoms with van der Waals surface area (Å²) in [4.78, 5) is 11.5. The van der Waals surface area contributed by atoms with Gasteiger partial charge in [0, 0.05) is 11.1 Å². The van der Waals surface area contributed by atoms with Gasteiger partial charge >= 0.3 is 0 Å². The van der Waals surface area contributed by atoms with E-state index in [1.165, 1.54) is 18.2 Å². The van der Waals surface area contributed by atoms with Crippen molar-refractivity contribution in [1.82, 2.24) is 5.48 Å². The maximum atomic E-state index is 14.8. The molecule has 1 atom stereocenters. The van der Waals surface area contributed by atoms with Gasteiger partial charge in [0.1, 0.15) is 11.6 Å². The SMILES string of the molecule is O=C(NO)c1ccc2c(c1)NC(c1ccc(-c3ccc(CO)cc3)cc1F)O2. The number of aliphatic hydroxyl groups excluding tert-OH is 1. The van der Waals surface area contributed by atoms with Gasteiger partial charge < -0.3 is 15.2 Å². The summed E-state index contributed by atoms with van der Waals surface area (Å²) < 4.78 is 20.5. The highest BCUT2D eigenvalue weighted by atomic mass is 19.1. The summed E-state index contributed by atoms with van der Waals surface area (Å²) in [6.07, 6.45) is -0.728. The Morgan fingerprint density at radius 1 is 1.07 bits per heavy atom. The molecular weight excluding hydrogens is 363 g/mol. The van der Waals surface area contributed by atoms with Crippen LogP contribution in [-0.2, 0) is 6.61 Å². The van der Waals surface area contributed by atoms with Gasteiger partial charge in [0.2, 0.25) is 0 Å². The lowest BCUT2D eigenvalue weighted by Crippen LogP contribution is -2.18. The van der Waals surface area contributed by atoms with Gasteiger partial charge in [-0.05, 0) is 47.0 Å². The number of hydroxylamine groups is 1. The quantitative estimate of drug-likeness (QED) is 0.410. The fourth-order valence-electron chi connectivity index (χ4n) is 3.11. The summed E-state index contributed by atoms with van der Waals surface area (Å²) in [5, 5.41) is 20.9. The number of carbonyl (C=O) groups is 1. The van der Waals surface area contributed by atoms with E-state index in [1.807, 2.05) is 12.1 Å². The Bertz CT molecular complexity index is 1040. The zero-order chi connectivity index (χ0) is 19.7. The van der Waals surface area contributed by atoms with E-state index < -0.39 is 18.0 Å². The van der Waals surface area contributed by atoms with Gasteiger partial charge in [-0.15, -0.1) is 0 Å². The van der Waals surface area contributed by atoms with Crippen molar-refractivity contribution in [3.63, 3.8) is 0 Å². The van der Waals surface area contributed by atoms with Crippen molar-refractivity contribution in [2.75, 3.05) is 5.32 Å². The van der Waals surface area contributed by atoms with Crippen LogP contribution in [0.1, 0.15) is 27.7 Å². The number of amides is 1. The minimum absolute atomic E-state index is 0.0412. The normalized spacial score (nSPS) is 14.8. The van der Waals surface area contributed by atoms with E-state index in [4.69, 9.17) is 15.1 Å². The minimum atomic E-state index is -0.728. The first-order chi connectivity index (χ1) is 13.6. The Morgan fingerprint density at radius 3 is 2.50 bits per heavy atom. The zero-order valence-electron chi connectivity index (χ0n) is 14.6. The average Bonchev–Trinajstić information content (AvgIpc) is 3.16. The van der Waals surface area contributed by atoms with Crippen LogP contribution in [0.25, 0.3) is 11.1 Å². The van der Waals surface area contributed by atoms with E-state index in [-0.39, 0.29) is 12.2 Å². The Balaban J connectivity index is 1.57. The van der Waals surface area contributed by atoms with Gasteiger partial charge in [0.05, 0.1) is 12.3 Å². The van der Waals surface area contributed by atoms with E-state index in [1.54, 1.807) is 35.8 Å². The molecule has 4 N–H and O–H groups in total. The molecule has 28 heavy (non-hydrogen) atoms. The highest BCUT2D eigenvalue weighted by Crippen LogP contribution is 2.39. The van der Waals surface area contributed by atoms with E-state index in [0.29, 0.717) is 22.6 Å². The number of anilines is 1. The van der Waals surface area contributed by atoms with Gasteiger partial charge in [-0.25, -0.2) is 9.87 Å². The molecule has 6 nitrogen and oxygen atoms in total. The summed E-state index contributed by atoms with van der Waals surface area (Å²) in [6, 6.07) is 16.7. The van der Waals surface area contributed by atoms with E-state index in [9.17, 15) is 9.18 Å². The molecule has 0 saturated heterocycles. The molecule has 7 heteroatoms. The molecule has 1 unspecified atom stereocenters. The minimum Gasteiger partial charge on any atom is -0.464 e. The number of fused-ring (bicyclic) bond motifs is 1. The summed E-state index contributed by atoms with van der Waals surface area (Å²) in [5.41, 5.74) is 5.03. The van der Waals surface area contributed by atoms with E-state index in [2.05, 4.69) is 5.32 Å². The highest BCUT2D eigenvalue weighted by Gasteiger charge is 2.26. The summed E-state index contributed by atoms with van der Waals surface area (Å²) in [6.45, 7) is -0.0412. The van der Waals surface area contributed by atoms with Crippen LogP contribution in [0.15, 0.2) is 60.7 Å². The van der Waals surface area contributed by atoms with Crippen LogP contribution in [-0.4, -0.2) is 16.2 Å². The molecule has 3 aromatic carbocycles. The molecule has 142 valence electrons. The molecular formula is C21H17FN2O4. The number of carbonyl (C=O) groups excluding carboxylic acids is 1. The number of hydrogen-bond acceptors (Lipinski definition) is 5. The Labute approximate surface area is 160 Å². The molecule has 0 fully saturated rings. The van der Waals surface area contributed by atoms with Crippen molar-refractivity contribution < 1.29 is 24.2 Å². The second-order valence-electron chi connectivity index (χ2n) is 6.39. The summed E-state index contributed by atoms with van der Waals surface area (Å²) in [7, 11) is 0. The molecule has 0 radical (unpaired) electrons. The molecule has 0 saturated carbocycles. The maximum Gasteiger partial charge on any atom is 0.274 e. The number of halogens is 1. The van der Waals surface area contributed by atoms with Crippen molar-refractivity contribution in [3.8, 4) is 16.9 Å². The smallest absolute Gasteiger partial charge is 0.274 e. The molecule has 0 aromatic heterocycles. The number of rotatable bonds is 4. The zero-order valence-corrected chi connectivity index (χ0v) is 14.6. The number of aliphatic hydroxyl groups is 1. The Morgan fingerprint density at radius 2 is 1.82 bits per heavy atom. The number of nitrogens with one attached hydrogen (secondary N) is 2. The van der Waals surface area contributed by atoms with Crippen LogP contribution < -0.4 is 15.5 Å². The summed E-state index contributed by atoms with van der Waals surface area (Å²) in [5.74, 6) is -0.583. The summed E-state index contributed by atoms with van der Waals surface area (Å²) >= 11 is 0. The second-order valence-corrected chi connectivity index (χ2v) is 6.39. The number of ether oxygens (including phenoxy) is 1. The number of benzene rings is 3. The van der Waals surface area contributed by atoms with Crippen molar-refractivity contribution in [2.24, 2.45) is 0 Å². The first kappa shape index (κ1) is 18.0. The lowest BCUT2D eigenvalue weighted by molar-refractivity contribution is 0.0706. The largest absolute Gasteiger partial charge is 0.464 e. The first-order valence-corrected chi connectivity index (χ1v) is 8.60. The predicted octanol–water partition coefficient (Wildman–Crippen LogP) is 3.61. The van der Waals surface area contributed by atoms with Gasteiger partial charge in [-0.1, -0.05) is 30.3 Å². The fourth-order valence-corrected chi connectivity index (χ4v) is 3.11.